The summed E-state index contributed by atoms with van der Waals surface area (Å²) >= 11 is 0. The van der Waals surface area contributed by atoms with Crippen LogP contribution < -0.4 is 9.80 Å². The molecule has 126 valence electrons. The SMILES string of the molecule is CN(C)c1ccccc1N(C)C(=O)c1cccc(C2OCCO2)c1. The van der Waals surface area contributed by atoms with Crippen LogP contribution in [0.2, 0.25) is 0 Å². The number of carbonyl (C=O) groups is 1. The predicted octanol–water partition coefficient (Wildman–Crippen LogP) is 3.07. The first-order valence-corrected chi connectivity index (χ1v) is 7.95. The smallest absolute Gasteiger partial charge is 0.258 e. The minimum atomic E-state index is -0.378. The molecule has 1 heterocycles. The number of hydrogen-bond acceptors (Lipinski definition) is 4. The van der Waals surface area contributed by atoms with Gasteiger partial charge in [0.05, 0.1) is 24.6 Å². The van der Waals surface area contributed by atoms with E-state index in [-0.39, 0.29) is 12.2 Å². The minimum absolute atomic E-state index is 0.0656. The lowest BCUT2D eigenvalue weighted by atomic mass is 10.1. The molecule has 0 unspecified atom stereocenters. The largest absolute Gasteiger partial charge is 0.376 e. The molecule has 1 amide bonds. The number of benzene rings is 2. The average Bonchev–Trinajstić information content (AvgIpc) is 3.15. The minimum Gasteiger partial charge on any atom is -0.376 e. The first-order chi connectivity index (χ1) is 11.6. The monoisotopic (exact) mass is 326 g/mol. The van der Waals surface area contributed by atoms with E-state index in [0.717, 1.165) is 16.9 Å². The van der Waals surface area contributed by atoms with Crippen molar-refractivity contribution in [3.8, 4) is 0 Å². The van der Waals surface area contributed by atoms with Crippen LogP contribution >= 0.6 is 0 Å². The lowest BCUT2D eigenvalue weighted by Crippen LogP contribution is -2.28. The van der Waals surface area contributed by atoms with Gasteiger partial charge in [-0.1, -0.05) is 24.3 Å². The lowest BCUT2D eigenvalue weighted by Gasteiger charge is -2.24. The van der Waals surface area contributed by atoms with Crippen LogP contribution in [0.1, 0.15) is 22.2 Å². The van der Waals surface area contributed by atoms with E-state index in [2.05, 4.69) is 0 Å². The average molecular weight is 326 g/mol. The summed E-state index contributed by atoms with van der Waals surface area (Å²) < 4.78 is 11.0. The van der Waals surface area contributed by atoms with Gasteiger partial charge >= 0.3 is 0 Å². The number of amides is 1. The maximum Gasteiger partial charge on any atom is 0.258 e. The van der Waals surface area contributed by atoms with Gasteiger partial charge < -0.3 is 19.3 Å². The number of carbonyl (C=O) groups excluding carboxylic acids is 1. The zero-order valence-corrected chi connectivity index (χ0v) is 14.2. The maximum absolute atomic E-state index is 12.9. The third-order valence-corrected chi connectivity index (χ3v) is 4.06. The van der Waals surface area contributed by atoms with Gasteiger partial charge in [-0.25, -0.2) is 0 Å². The highest BCUT2D eigenvalue weighted by molar-refractivity contribution is 6.07. The number of para-hydroxylation sites is 2. The van der Waals surface area contributed by atoms with E-state index < -0.39 is 0 Å². The second kappa shape index (κ2) is 7.03. The molecule has 0 N–H and O–H groups in total. The molecule has 0 bridgehead atoms. The quantitative estimate of drug-likeness (QED) is 0.866. The van der Waals surface area contributed by atoms with Crippen molar-refractivity contribution >= 4 is 17.3 Å². The molecule has 24 heavy (non-hydrogen) atoms. The third-order valence-electron chi connectivity index (χ3n) is 4.06. The molecule has 3 rings (SSSR count). The highest BCUT2D eigenvalue weighted by Gasteiger charge is 2.21. The van der Waals surface area contributed by atoms with Crippen LogP contribution in [0.25, 0.3) is 0 Å². The molecular formula is C19H22N2O3. The number of anilines is 2. The Hall–Kier alpha value is -2.37. The first kappa shape index (κ1) is 16.5. The second-order valence-electron chi connectivity index (χ2n) is 5.95. The number of rotatable bonds is 4. The van der Waals surface area contributed by atoms with Gasteiger partial charge in [0.25, 0.3) is 5.91 Å². The van der Waals surface area contributed by atoms with Crippen LogP contribution in [0.4, 0.5) is 11.4 Å². The molecule has 5 heteroatoms. The fourth-order valence-electron chi connectivity index (χ4n) is 2.80. The molecule has 0 saturated carbocycles. The van der Waals surface area contributed by atoms with Crippen molar-refractivity contribution in [1.29, 1.82) is 0 Å². The van der Waals surface area contributed by atoms with Gasteiger partial charge in [0, 0.05) is 32.3 Å². The number of hydrogen-bond donors (Lipinski definition) is 0. The predicted molar refractivity (Wildman–Crippen MR) is 94.6 cm³/mol. The Bertz CT molecular complexity index is 724. The first-order valence-electron chi connectivity index (χ1n) is 7.95. The van der Waals surface area contributed by atoms with Crippen LogP contribution in [0.5, 0.6) is 0 Å². The molecule has 1 aliphatic heterocycles. The molecule has 2 aromatic rings. The van der Waals surface area contributed by atoms with Gasteiger partial charge in [-0.2, -0.15) is 0 Å². The Balaban J connectivity index is 1.87. The molecule has 1 saturated heterocycles. The Morgan fingerprint density at radius 2 is 1.62 bits per heavy atom. The van der Waals surface area contributed by atoms with Crippen molar-refractivity contribution in [2.45, 2.75) is 6.29 Å². The third kappa shape index (κ3) is 3.27. The molecule has 2 aromatic carbocycles. The summed E-state index contributed by atoms with van der Waals surface area (Å²) in [6.07, 6.45) is -0.378. The van der Waals surface area contributed by atoms with Crippen LogP contribution in [0, 0.1) is 0 Å². The molecule has 1 fully saturated rings. The van der Waals surface area contributed by atoms with Gasteiger partial charge in [0.2, 0.25) is 0 Å². The Morgan fingerprint density at radius 1 is 0.958 bits per heavy atom. The summed E-state index contributed by atoms with van der Waals surface area (Å²) in [6.45, 7) is 1.16. The Labute approximate surface area is 142 Å². The lowest BCUT2D eigenvalue weighted by molar-refractivity contribution is -0.0441. The number of ether oxygens (including phenoxy) is 2. The van der Waals surface area contributed by atoms with Gasteiger partial charge in [-0.05, 0) is 24.3 Å². The molecule has 5 nitrogen and oxygen atoms in total. The summed E-state index contributed by atoms with van der Waals surface area (Å²) in [6, 6.07) is 15.3. The maximum atomic E-state index is 12.9. The molecule has 0 spiro atoms. The van der Waals surface area contributed by atoms with E-state index >= 15 is 0 Å². The molecule has 0 radical (unpaired) electrons. The van der Waals surface area contributed by atoms with Crippen molar-refractivity contribution in [3.05, 3.63) is 59.7 Å². The Morgan fingerprint density at radius 3 is 2.29 bits per heavy atom. The summed E-state index contributed by atoms with van der Waals surface area (Å²) in [5, 5.41) is 0. The van der Waals surface area contributed by atoms with Crippen molar-refractivity contribution < 1.29 is 14.3 Å². The summed E-state index contributed by atoms with van der Waals surface area (Å²) in [5.74, 6) is -0.0656. The summed E-state index contributed by atoms with van der Waals surface area (Å²) in [5.41, 5.74) is 3.34. The zero-order valence-electron chi connectivity index (χ0n) is 14.2. The zero-order chi connectivity index (χ0) is 17.1. The van der Waals surface area contributed by atoms with Crippen LogP contribution in [0.15, 0.2) is 48.5 Å². The molecule has 0 aromatic heterocycles. The fraction of sp³-hybridized carbons (Fsp3) is 0.316. The van der Waals surface area contributed by atoms with E-state index in [1.54, 1.807) is 11.9 Å². The highest BCUT2D eigenvalue weighted by atomic mass is 16.7. The highest BCUT2D eigenvalue weighted by Crippen LogP contribution is 2.29. The molecule has 0 atom stereocenters. The standard InChI is InChI=1S/C19H22N2O3/c1-20(2)16-9-4-5-10-17(16)21(3)18(22)14-7-6-8-15(13-14)19-23-11-12-24-19/h4-10,13,19H,11-12H2,1-3H3. The Kier molecular flexibility index (Phi) is 4.83. The van der Waals surface area contributed by atoms with E-state index in [1.165, 1.54) is 0 Å². The summed E-state index contributed by atoms with van der Waals surface area (Å²) in [7, 11) is 5.72. The fourth-order valence-corrected chi connectivity index (χ4v) is 2.80. The molecule has 0 aliphatic carbocycles. The van der Waals surface area contributed by atoms with Gasteiger partial charge in [0.15, 0.2) is 6.29 Å². The van der Waals surface area contributed by atoms with Crippen molar-refractivity contribution in [1.82, 2.24) is 0 Å². The van der Waals surface area contributed by atoms with Gasteiger partial charge in [0.1, 0.15) is 0 Å². The van der Waals surface area contributed by atoms with E-state index in [9.17, 15) is 4.79 Å². The van der Waals surface area contributed by atoms with Crippen LogP contribution in [0.3, 0.4) is 0 Å². The van der Waals surface area contributed by atoms with E-state index in [4.69, 9.17) is 9.47 Å². The van der Waals surface area contributed by atoms with E-state index in [0.29, 0.717) is 18.8 Å². The number of nitrogens with zero attached hydrogens (tertiary/aromatic N) is 2. The molecule has 1 aliphatic rings. The van der Waals surface area contributed by atoms with Crippen LogP contribution in [-0.4, -0.2) is 40.3 Å². The van der Waals surface area contributed by atoms with Crippen molar-refractivity contribution in [2.24, 2.45) is 0 Å². The van der Waals surface area contributed by atoms with Crippen LogP contribution in [-0.2, 0) is 9.47 Å². The normalized spacial score (nSPS) is 14.6. The topological polar surface area (TPSA) is 42.0 Å². The van der Waals surface area contributed by atoms with E-state index in [1.807, 2.05) is 67.5 Å². The van der Waals surface area contributed by atoms with Crippen molar-refractivity contribution in [2.75, 3.05) is 44.2 Å². The van der Waals surface area contributed by atoms with Crippen molar-refractivity contribution in [3.63, 3.8) is 0 Å². The van der Waals surface area contributed by atoms with Gasteiger partial charge in [-0.15, -0.1) is 0 Å². The van der Waals surface area contributed by atoms with Gasteiger partial charge in [-0.3, -0.25) is 4.79 Å². The molecular weight excluding hydrogens is 304 g/mol. The summed E-state index contributed by atoms with van der Waals surface area (Å²) in [4.78, 5) is 16.6. The second-order valence-corrected chi connectivity index (χ2v) is 5.95.